The molecular formula is C33H54N4O4S. The predicted octanol–water partition coefficient (Wildman–Crippen LogP) is 7.52. The molecule has 1 fully saturated rings. The van der Waals surface area contributed by atoms with E-state index >= 15 is 0 Å². The smallest absolute Gasteiger partial charge is 0.286 e. The van der Waals surface area contributed by atoms with Gasteiger partial charge in [-0.1, -0.05) is 70.7 Å². The minimum atomic E-state index is -0.336. The van der Waals surface area contributed by atoms with Gasteiger partial charge in [-0.2, -0.15) is 0 Å². The summed E-state index contributed by atoms with van der Waals surface area (Å²) in [5.74, 6) is 0.571. The van der Waals surface area contributed by atoms with Crippen LogP contribution >= 0.6 is 11.8 Å². The molecule has 8 nitrogen and oxygen atoms in total. The second-order valence-corrected chi connectivity index (χ2v) is 9.20. The van der Waals surface area contributed by atoms with Crippen LogP contribution in [-0.2, 0) is 22.4 Å². The third kappa shape index (κ3) is 21.4. The van der Waals surface area contributed by atoms with Crippen LogP contribution in [0.15, 0.2) is 59.4 Å². The van der Waals surface area contributed by atoms with Gasteiger partial charge >= 0.3 is 0 Å². The number of benzene rings is 1. The Morgan fingerprint density at radius 3 is 2.05 bits per heavy atom. The largest absolute Gasteiger partial charge is 0.493 e. The summed E-state index contributed by atoms with van der Waals surface area (Å²) in [5.41, 5.74) is 9.96. The lowest BCUT2D eigenvalue weighted by atomic mass is 10.1. The number of hydrogen-bond donors (Lipinski definition) is 2. The first-order valence-electron chi connectivity index (χ1n) is 14.5. The van der Waals surface area contributed by atoms with E-state index < -0.39 is 0 Å². The number of nitrogens with two attached hydrogens (primary N) is 1. The molecule has 1 aliphatic heterocycles. The van der Waals surface area contributed by atoms with E-state index in [1.807, 2.05) is 104 Å². The van der Waals surface area contributed by atoms with Crippen molar-refractivity contribution in [3.63, 3.8) is 0 Å². The van der Waals surface area contributed by atoms with Crippen LogP contribution in [0.25, 0.3) is 0 Å². The van der Waals surface area contributed by atoms with Crippen LogP contribution in [-0.4, -0.2) is 47.0 Å². The van der Waals surface area contributed by atoms with E-state index in [9.17, 15) is 9.59 Å². The Labute approximate surface area is 259 Å². The first-order chi connectivity index (χ1) is 20.2. The molecule has 0 aliphatic carbocycles. The number of carbonyl (C=O) groups excluding carboxylic acids is 3. The fourth-order valence-corrected chi connectivity index (χ4v) is 3.69. The summed E-state index contributed by atoms with van der Waals surface area (Å²) in [5, 5.41) is 1.69. The number of nitrogens with zero attached hydrogens (tertiary/aromatic N) is 2. The second-order valence-electron chi connectivity index (χ2n) is 8.02. The topological polar surface area (TPSA) is 124 Å². The van der Waals surface area contributed by atoms with Crippen LogP contribution in [0, 0.1) is 6.92 Å². The molecule has 0 radical (unpaired) electrons. The van der Waals surface area contributed by atoms with Crippen molar-refractivity contribution in [3.05, 3.63) is 71.2 Å². The maximum Gasteiger partial charge on any atom is 0.286 e. The fourth-order valence-electron chi connectivity index (χ4n) is 2.83. The van der Waals surface area contributed by atoms with Gasteiger partial charge in [-0.05, 0) is 83.8 Å². The van der Waals surface area contributed by atoms with Crippen LogP contribution in [0.5, 0.6) is 5.75 Å². The number of amides is 2. The van der Waals surface area contributed by atoms with Gasteiger partial charge in [0, 0.05) is 29.7 Å². The highest BCUT2D eigenvalue weighted by molar-refractivity contribution is 8.15. The highest BCUT2D eigenvalue weighted by Gasteiger charge is 2.31. The number of aryl methyl sites for hydroxylation is 1. The molecule has 2 heterocycles. The van der Waals surface area contributed by atoms with Crippen molar-refractivity contribution in [1.29, 1.82) is 0 Å². The molecule has 2 amide bonds. The lowest BCUT2D eigenvalue weighted by Crippen LogP contribution is -2.25. The molecule has 1 aromatic heterocycles. The standard InChI is InChI=1S/C18H18N2O3S.C8H15N.C2H4O.2C2H6.CH5N/c1-12-2-5-14(19-11-12)8-9-23-15-6-3-13(4-7-15)10-16-17(21)20-18(22)24-16;1-5-7(3)9-8(4)6-2;1-2-3;3*1-2/h2-7,11,16H,8-10H2,1H3,(H,20,21,22);5H,6H2,1-4H3;2H,1H3;2*1-2H3;2H2,1H3/b;7-5-,9-8?;;;;. The predicted molar refractivity (Wildman–Crippen MR) is 181 cm³/mol. The van der Waals surface area contributed by atoms with Crippen molar-refractivity contribution in [2.24, 2.45) is 10.7 Å². The number of aromatic nitrogens is 1. The molecule has 236 valence electrons. The fraction of sp³-hybridized carbons (Fsp3) is 0.485. The molecule has 3 N–H and O–H groups in total. The van der Waals surface area contributed by atoms with Gasteiger partial charge in [-0.3, -0.25) is 24.9 Å². The zero-order chi connectivity index (χ0) is 32.9. The van der Waals surface area contributed by atoms with Gasteiger partial charge in [0.1, 0.15) is 12.0 Å². The quantitative estimate of drug-likeness (QED) is 0.237. The van der Waals surface area contributed by atoms with Crippen molar-refractivity contribution < 1.29 is 19.1 Å². The van der Waals surface area contributed by atoms with E-state index in [-0.39, 0.29) is 16.4 Å². The summed E-state index contributed by atoms with van der Waals surface area (Å²) in [6.45, 7) is 20.2. The molecule has 0 spiro atoms. The summed E-state index contributed by atoms with van der Waals surface area (Å²) in [7, 11) is 1.50. The number of nitrogens with one attached hydrogen (secondary N) is 1. The van der Waals surface area contributed by atoms with Gasteiger partial charge in [-0.25, -0.2) is 0 Å². The van der Waals surface area contributed by atoms with Crippen molar-refractivity contribution in [2.75, 3.05) is 13.7 Å². The first-order valence-corrected chi connectivity index (χ1v) is 15.4. The Morgan fingerprint density at radius 2 is 1.62 bits per heavy atom. The maximum absolute atomic E-state index is 11.6. The Hall–Kier alpha value is -3.30. The molecule has 3 rings (SSSR count). The maximum atomic E-state index is 11.6. The summed E-state index contributed by atoms with van der Waals surface area (Å²) in [6, 6.07) is 11.7. The van der Waals surface area contributed by atoms with Crippen molar-refractivity contribution in [1.82, 2.24) is 10.3 Å². The van der Waals surface area contributed by atoms with Crippen molar-refractivity contribution >= 4 is 34.9 Å². The summed E-state index contributed by atoms with van der Waals surface area (Å²) >= 11 is 1.05. The average Bonchev–Trinajstić information content (AvgIpc) is 3.34. The van der Waals surface area contributed by atoms with Gasteiger partial charge in [0.15, 0.2) is 0 Å². The third-order valence-electron chi connectivity index (χ3n) is 5.01. The molecule has 1 saturated heterocycles. The highest BCUT2D eigenvalue weighted by Crippen LogP contribution is 2.23. The molecular weight excluding hydrogens is 548 g/mol. The normalized spacial score (nSPS) is 13.5. The summed E-state index contributed by atoms with van der Waals surface area (Å²) in [6.07, 6.45) is 6.95. The number of pyridine rings is 1. The van der Waals surface area contributed by atoms with E-state index in [2.05, 4.69) is 28.0 Å². The number of carbonyl (C=O) groups is 3. The number of imide groups is 1. The Morgan fingerprint density at radius 1 is 1.05 bits per heavy atom. The van der Waals surface area contributed by atoms with E-state index in [0.29, 0.717) is 13.0 Å². The molecule has 0 bridgehead atoms. The van der Waals surface area contributed by atoms with Crippen LogP contribution in [0.4, 0.5) is 4.79 Å². The van der Waals surface area contributed by atoms with Crippen molar-refractivity contribution in [2.45, 2.75) is 93.7 Å². The van der Waals surface area contributed by atoms with Crippen LogP contribution in [0.2, 0.25) is 0 Å². The number of ether oxygens (including phenoxy) is 1. The van der Waals surface area contributed by atoms with E-state index in [4.69, 9.17) is 9.53 Å². The SMILES string of the molecule is C/C=C(/C)N=C(C)CC.CC.CC.CC=O.CN.Cc1ccc(CCOc2ccc(CC3SC(=O)NC3=O)cc2)nc1. The average molecular weight is 603 g/mol. The lowest BCUT2D eigenvalue weighted by molar-refractivity contribution is -0.119. The highest BCUT2D eigenvalue weighted by atomic mass is 32.2. The zero-order valence-corrected chi connectivity index (χ0v) is 28.4. The van der Waals surface area contributed by atoms with Gasteiger partial charge in [0.25, 0.3) is 5.24 Å². The molecule has 2 aromatic rings. The molecule has 42 heavy (non-hydrogen) atoms. The number of allylic oxidation sites excluding steroid dienone is 2. The Kier molecular flexibility index (Phi) is 30.0. The molecule has 1 aliphatic rings. The van der Waals surface area contributed by atoms with Gasteiger partial charge in [-0.15, -0.1) is 0 Å². The molecule has 0 saturated carbocycles. The zero-order valence-electron chi connectivity index (χ0n) is 27.6. The summed E-state index contributed by atoms with van der Waals surface area (Å²) in [4.78, 5) is 40.2. The van der Waals surface area contributed by atoms with Gasteiger partial charge in [0.05, 0.1) is 11.9 Å². The Balaban J connectivity index is -0.000000707. The number of aliphatic imine (C=N–C) groups is 1. The van der Waals surface area contributed by atoms with E-state index in [0.717, 1.165) is 59.2 Å². The van der Waals surface area contributed by atoms with Crippen LogP contribution < -0.4 is 15.8 Å². The molecule has 1 aromatic carbocycles. The van der Waals surface area contributed by atoms with E-state index in [1.54, 1.807) is 0 Å². The number of hydrogen-bond acceptors (Lipinski definition) is 8. The Bertz CT molecular complexity index is 1040. The summed E-state index contributed by atoms with van der Waals surface area (Å²) < 4.78 is 5.72. The molecule has 9 heteroatoms. The van der Waals surface area contributed by atoms with Gasteiger partial charge in [0.2, 0.25) is 5.91 Å². The third-order valence-corrected chi connectivity index (χ3v) is 5.99. The molecule has 1 atom stereocenters. The minimum absolute atomic E-state index is 0.212. The van der Waals surface area contributed by atoms with Crippen LogP contribution in [0.1, 0.15) is 85.6 Å². The van der Waals surface area contributed by atoms with Crippen molar-refractivity contribution in [3.8, 4) is 5.75 Å². The van der Waals surface area contributed by atoms with E-state index in [1.165, 1.54) is 19.7 Å². The second kappa shape index (κ2) is 29.2. The minimum Gasteiger partial charge on any atom is -0.493 e. The molecule has 1 unspecified atom stereocenters. The monoisotopic (exact) mass is 602 g/mol. The number of thioether (sulfide) groups is 1. The lowest BCUT2D eigenvalue weighted by Gasteiger charge is -2.08. The first kappa shape index (κ1) is 43.2. The number of aldehydes is 1. The van der Waals surface area contributed by atoms with Crippen LogP contribution in [0.3, 0.4) is 0 Å². The van der Waals surface area contributed by atoms with Gasteiger partial charge < -0.3 is 15.3 Å². The number of rotatable bonds is 8.